The van der Waals surface area contributed by atoms with Crippen molar-refractivity contribution < 1.29 is 14.7 Å². The first-order valence-electron chi connectivity index (χ1n) is 4.73. The van der Waals surface area contributed by atoms with Gasteiger partial charge in [0.15, 0.2) is 4.34 Å². The summed E-state index contributed by atoms with van der Waals surface area (Å²) >= 11 is 2.20. The van der Waals surface area contributed by atoms with Crippen LogP contribution >= 0.6 is 23.1 Å². The van der Waals surface area contributed by atoms with E-state index in [9.17, 15) is 9.59 Å². The van der Waals surface area contributed by atoms with Crippen molar-refractivity contribution >= 4 is 40.2 Å². The van der Waals surface area contributed by atoms with Gasteiger partial charge >= 0.3 is 12.0 Å². The Morgan fingerprint density at radius 1 is 1.47 bits per heavy atom. The third-order valence-corrected chi connectivity index (χ3v) is 3.32. The van der Waals surface area contributed by atoms with E-state index in [1.54, 1.807) is 0 Å². The van der Waals surface area contributed by atoms with Gasteiger partial charge in [0.2, 0.25) is 5.13 Å². The molecule has 1 heterocycles. The first-order valence-corrected chi connectivity index (χ1v) is 6.53. The van der Waals surface area contributed by atoms with Crippen LogP contribution in [0.3, 0.4) is 0 Å². The van der Waals surface area contributed by atoms with E-state index in [0.29, 0.717) is 9.47 Å². The number of hydrogen-bond donors (Lipinski definition) is 3. The van der Waals surface area contributed by atoms with Crippen LogP contribution in [0.15, 0.2) is 4.34 Å². The number of thioether (sulfide) groups is 1. The largest absolute Gasteiger partial charge is 0.481 e. The molecule has 94 valence electrons. The quantitative estimate of drug-likeness (QED) is 0.552. The zero-order valence-corrected chi connectivity index (χ0v) is 10.9. The molecule has 0 unspecified atom stereocenters. The molecule has 0 saturated heterocycles. The maximum Gasteiger partial charge on any atom is 0.321 e. The van der Waals surface area contributed by atoms with Crippen molar-refractivity contribution in [2.45, 2.75) is 24.2 Å². The highest BCUT2D eigenvalue weighted by Gasteiger charge is 2.10. The zero-order chi connectivity index (χ0) is 12.8. The number of carbonyl (C=O) groups excluding carboxylic acids is 1. The van der Waals surface area contributed by atoms with E-state index in [4.69, 9.17) is 5.11 Å². The summed E-state index contributed by atoms with van der Waals surface area (Å²) in [5, 5.41) is 21.4. The summed E-state index contributed by atoms with van der Waals surface area (Å²) in [5.74, 6) is -0.996. The maximum atomic E-state index is 11.3. The van der Waals surface area contributed by atoms with Crippen LogP contribution in [-0.4, -0.2) is 39.1 Å². The van der Waals surface area contributed by atoms with E-state index in [0.717, 1.165) is 23.1 Å². The van der Waals surface area contributed by atoms with E-state index >= 15 is 0 Å². The summed E-state index contributed by atoms with van der Waals surface area (Å²) < 4.78 is 0.507. The topological polar surface area (TPSA) is 104 Å². The van der Waals surface area contributed by atoms with E-state index in [1.165, 1.54) is 0 Å². The lowest BCUT2D eigenvalue weighted by molar-refractivity contribution is -0.133. The normalized spacial score (nSPS) is 10.3. The summed E-state index contributed by atoms with van der Waals surface area (Å²) in [4.78, 5) is 21.6. The monoisotopic (exact) mass is 276 g/mol. The van der Waals surface area contributed by atoms with Gasteiger partial charge in [-0.25, -0.2) is 4.79 Å². The maximum absolute atomic E-state index is 11.3. The lowest BCUT2D eigenvalue weighted by Crippen LogP contribution is -2.34. The Morgan fingerprint density at radius 2 is 2.18 bits per heavy atom. The average Bonchev–Trinajstić information content (AvgIpc) is 2.61. The van der Waals surface area contributed by atoms with Crippen LogP contribution in [0.4, 0.5) is 9.93 Å². The molecule has 0 aliphatic rings. The number of carbonyl (C=O) groups is 2. The van der Waals surface area contributed by atoms with Crippen LogP contribution in [0, 0.1) is 0 Å². The fourth-order valence-corrected chi connectivity index (χ4v) is 2.30. The minimum atomic E-state index is -0.919. The second kappa shape index (κ2) is 6.40. The molecule has 0 aliphatic carbocycles. The Hall–Kier alpha value is -1.35. The number of nitrogens with one attached hydrogen (secondary N) is 2. The Balaban J connectivity index is 2.45. The number of carboxylic acid groups (broad SMARTS) is 1. The predicted octanol–water partition coefficient (Wildman–Crippen LogP) is 1.24. The summed E-state index contributed by atoms with van der Waals surface area (Å²) in [6.07, 6.45) is 0. The van der Waals surface area contributed by atoms with Gasteiger partial charge in [-0.3, -0.25) is 10.1 Å². The van der Waals surface area contributed by atoms with Crippen molar-refractivity contribution in [3.05, 3.63) is 0 Å². The van der Waals surface area contributed by atoms with E-state index < -0.39 is 5.97 Å². The summed E-state index contributed by atoms with van der Waals surface area (Å²) in [7, 11) is 0. The molecule has 0 bridgehead atoms. The highest BCUT2D eigenvalue weighted by molar-refractivity contribution is 8.01. The van der Waals surface area contributed by atoms with Gasteiger partial charge in [0.1, 0.15) is 0 Å². The van der Waals surface area contributed by atoms with Crippen molar-refractivity contribution in [3.8, 4) is 0 Å². The number of aromatic nitrogens is 2. The highest BCUT2D eigenvalue weighted by atomic mass is 32.2. The SMILES string of the molecule is CC(C)NC(=O)Nc1nnc(SCC(=O)O)s1. The van der Waals surface area contributed by atoms with Crippen molar-refractivity contribution in [1.29, 1.82) is 0 Å². The summed E-state index contributed by atoms with van der Waals surface area (Å²) in [6, 6.07) is -0.324. The van der Waals surface area contributed by atoms with E-state index in [-0.39, 0.29) is 17.8 Å². The number of rotatable bonds is 5. The lowest BCUT2D eigenvalue weighted by atomic mass is 10.4. The molecular formula is C8H12N4O3S2. The zero-order valence-electron chi connectivity index (χ0n) is 9.26. The fourth-order valence-electron chi connectivity index (χ4n) is 0.837. The summed E-state index contributed by atoms with van der Waals surface area (Å²) in [5.41, 5.74) is 0. The van der Waals surface area contributed by atoms with Crippen LogP contribution in [0.1, 0.15) is 13.8 Å². The van der Waals surface area contributed by atoms with Crippen molar-refractivity contribution in [2.75, 3.05) is 11.1 Å². The van der Waals surface area contributed by atoms with Gasteiger partial charge < -0.3 is 10.4 Å². The molecule has 7 nitrogen and oxygen atoms in total. The number of anilines is 1. The standard InChI is InChI=1S/C8H12N4O3S2/c1-4(2)9-6(15)10-7-11-12-8(17-7)16-3-5(13)14/h4H,3H2,1-2H3,(H,13,14)(H2,9,10,11,15). The van der Waals surface area contributed by atoms with Gasteiger partial charge in [-0.15, -0.1) is 10.2 Å². The second-order valence-electron chi connectivity index (χ2n) is 3.31. The first kappa shape index (κ1) is 13.7. The van der Waals surface area contributed by atoms with Crippen LogP contribution in [0.25, 0.3) is 0 Å². The van der Waals surface area contributed by atoms with Crippen LogP contribution in [0.5, 0.6) is 0 Å². The molecular weight excluding hydrogens is 264 g/mol. The van der Waals surface area contributed by atoms with Gasteiger partial charge in [-0.2, -0.15) is 0 Å². The van der Waals surface area contributed by atoms with Crippen molar-refractivity contribution in [3.63, 3.8) is 0 Å². The Bertz CT molecular complexity index is 407. The Kier molecular flexibility index (Phi) is 5.16. The molecule has 17 heavy (non-hydrogen) atoms. The number of aliphatic carboxylic acids is 1. The highest BCUT2D eigenvalue weighted by Crippen LogP contribution is 2.24. The van der Waals surface area contributed by atoms with Gasteiger partial charge in [-0.05, 0) is 13.8 Å². The Morgan fingerprint density at radius 3 is 2.76 bits per heavy atom. The smallest absolute Gasteiger partial charge is 0.321 e. The number of carboxylic acids is 1. The molecule has 1 rings (SSSR count). The van der Waals surface area contributed by atoms with Gasteiger partial charge in [-0.1, -0.05) is 23.1 Å². The first-order chi connectivity index (χ1) is 7.97. The third kappa shape index (κ3) is 5.50. The van der Waals surface area contributed by atoms with Gasteiger partial charge in [0, 0.05) is 6.04 Å². The molecule has 0 spiro atoms. The Labute approximate surface area is 106 Å². The molecule has 0 aromatic carbocycles. The molecule has 1 aromatic rings. The molecule has 0 radical (unpaired) electrons. The van der Waals surface area contributed by atoms with Crippen LogP contribution < -0.4 is 10.6 Å². The minimum Gasteiger partial charge on any atom is -0.481 e. The number of nitrogens with zero attached hydrogens (tertiary/aromatic N) is 2. The van der Waals surface area contributed by atoms with E-state index in [1.807, 2.05) is 13.8 Å². The summed E-state index contributed by atoms with van der Waals surface area (Å²) in [6.45, 7) is 3.68. The minimum absolute atomic E-state index is 0.0313. The van der Waals surface area contributed by atoms with Crippen molar-refractivity contribution in [1.82, 2.24) is 15.5 Å². The van der Waals surface area contributed by atoms with Gasteiger partial charge in [0.25, 0.3) is 0 Å². The number of hydrogen-bond acceptors (Lipinski definition) is 6. The van der Waals surface area contributed by atoms with E-state index in [2.05, 4.69) is 20.8 Å². The number of amides is 2. The molecule has 0 atom stereocenters. The van der Waals surface area contributed by atoms with Crippen LogP contribution in [0.2, 0.25) is 0 Å². The molecule has 3 N–H and O–H groups in total. The fraction of sp³-hybridized carbons (Fsp3) is 0.500. The molecule has 0 aliphatic heterocycles. The molecule has 9 heteroatoms. The molecule has 0 fully saturated rings. The lowest BCUT2D eigenvalue weighted by Gasteiger charge is -2.06. The van der Waals surface area contributed by atoms with Crippen molar-refractivity contribution in [2.24, 2.45) is 0 Å². The molecule has 1 aromatic heterocycles. The number of urea groups is 1. The van der Waals surface area contributed by atoms with Crippen LogP contribution in [-0.2, 0) is 4.79 Å². The molecule has 0 saturated carbocycles. The third-order valence-electron chi connectivity index (χ3n) is 1.37. The predicted molar refractivity (Wildman–Crippen MR) is 65.6 cm³/mol. The average molecular weight is 276 g/mol. The molecule has 2 amide bonds. The van der Waals surface area contributed by atoms with Gasteiger partial charge in [0.05, 0.1) is 5.75 Å². The second-order valence-corrected chi connectivity index (χ2v) is 5.51.